The fraction of sp³-hybridized carbons (Fsp3) is 1.00. The number of rotatable bonds is 5. The molecule has 1 N–H and O–H groups in total. The number of halogens is 2. The van der Waals surface area contributed by atoms with Crippen molar-refractivity contribution in [2.75, 3.05) is 45.9 Å². The van der Waals surface area contributed by atoms with E-state index in [0.29, 0.717) is 13.2 Å². The Morgan fingerprint density at radius 3 is 2.44 bits per heavy atom. The summed E-state index contributed by atoms with van der Waals surface area (Å²) < 4.78 is 32.0. The summed E-state index contributed by atoms with van der Waals surface area (Å²) in [6.07, 6.45) is -0.00999. The fourth-order valence-corrected chi connectivity index (χ4v) is 2.35. The Balaban J connectivity index is 1.88. The molecule has 1 unspecified atom stereocenters. The molecular weight excluding hydrogens is 214 g/mol. The van der Waals surface area contributed by atoms with Crippen LogP contribution in [0.2, 0.25) is 0 Å². The van der Waals surface area contributed by atoms with Crippen LogP contribution in [0.25, 0.3) is 0 Å². The van der Waals surface area contributed by atoms with E-state index < -0.39 is 11.3 Å². The highest BCUT2D eigenvalue weighted by Crippen LogP contribution is 2.60. The van der Waals surface area contributed by atoms with Crippen molar-refractivity contribution in [3.63, 3.8) is 0 Å². The second-order valence-corrected chi connectivity index (χ2v) is 4.82. The molecule has 1 atom stereocenters. The van der Waals surface area contributed by atoms with Gasteiger partial charge in [0.15, 0.2) is 0 Å². The van der Waals surface area contributed by atoms with Crippen LogP contribution in [0, 0.1) is 5.41 Å². The third kappa shape index (κ3) is 2.36. The van der Waals surface area contributed by atoms with Crippen molar-refractivity contribution in [1.82, 2.24) is 10.2 Å². The Morgan fingerprint density at radius 1 is 1.31 bits per heavy atom. The maximum Gasteiger partial charge on any atom is 0.258 e. The molecule has 5 heteroatoms. The second kappa shape index (κ2) is 4.55. The van der Waals surface area contributed by atoms with Gasteiger partial charge < -0.3 is 10.1 Å². The lowest BCUT2D eigenvalue weighted by Crippen LogP contribution is -2.47. The lowest BCUT2D eigenvalue weighted by atomic mass is 10.1. The Hall–Kier alpha value is -0.260. The monoisotopic (exact) mass is 234 g/mol. The summed E-state index contributed by atoms with van der Waals surface area (Å²) in [7, 11) is 0. The van der Waals surface area contributed by atoms with Gasteiger partial charge >= 0.3 is 0 Å². The van der Waals surface area contributed by atoms with Gasteiger partial charge in [0.25, 0.3) is 5.92 Å². The molecule has 1 aliphatic carbocycles. The zero-order chi connectivity index (χ0) is 11.6. The van der Waals surface area contributed by atoms with E-state index in [-0.39, 0.29) is 13.0 Å². The van der Waals surface area contributed by atoms with E-state index in [9.17, 15) is 8.78 Å². The Kier molecular flexibility index (Phi) is 3.47. The normalized spacial score (nSPS) is 33.9. The van der Waals surface area contributed by atoms with E-state index in [1.807, 2.05) is 6.92 Å². The standard InChI is InChI=1S/C11H20F2N2O/c1-2-16-9-10(7-11(10,12)13)8-15-5-3-14-4-6-15/h14H,2-9H2,1H3. The zero-order valence-corrected chi connectivity index (χ0v) is 9.77. The van der Waals surface area contributed by atoms with Crippen molar-refractivity contribution in [2.24, 2.45) is 5.41 Å². The summed E-state index contributed by atoms with van der Waals surface area (Å²) in [4.78, 5) is 2.12. The molecule has 94 valence electrons. The SMILES string of the molecule is CCOCC1(CN2CCNCC2)CC1(F)F. The van der Waals surface area contributed by atoms with E-state index >= 15 is 0 Å². The first-order chi connectivity index (χ1) is 7.60. The number of hydrogen-bond acceptors (Lipinski definition) is 3. The number of ether oxygens (including phenoxy) is 1. The van der Waals surface area contributed by atoms with Crippen LogP contribution in [0.3, 0.4) is 0 Å². The first kappa shape index (κ1) is 12.2. The highest BCUT2D eigenvalue weighted by molar-refractivity contribution is 5.11. The Morgan fingerprint density at radius 2 is 1.94 bits per heavy atom. The van der Waals surface area contributed by atoms with Crippen LogP contribution in [0.5, 0.6) is 0 Å². The molecular formula is C11H20F2N2O. The first-order valence-electron chi connectivity index (χ1n) is 5.98. The molecule has 1 saturated carbocycles. The van der Waals surface area contributed by atoms with Crippen LogP contribution in [0.1, 0.15) is 13.3 Å². The summed E-state index contributed by atoms with van der Waals surface area (Å²) in [5.74, 6) is -2.52. The van der Waals surface area contributed by atoms with Gasteiger partial charge in [-0.2, -0.15) is 0 Å². The van der Waals surface area contributed by atoms with Crippen molar-refractivity contribution in [1.29, 1.82) is 0 Å². The predicted octanol–water partition coefficient (Wildman–Crippen LogP) is 0.953. The molecule has 0 spiro atoms. The lowest BCUT2D eigenvalue weighted by molar-refractivity contribution is -0.00577. The van der Waals surface area contributed by atoms with Crippen molar-refractivity contribution in [3.8, 4) is 0 Å². The molecule has 0 aromatic carbocycles. The van der Waals surface area contributed by atoms with Gasteiger partial charge in [0.05, 0.1) is 12.0 Å². The van der Waals surface area contributed by atoms with Crippen molar-refractivity contribution in [2.45, 2.75) is 19.3 Å². The topological polar surface area (TPSA) is 24.5 Å². The zero-order valence-electron chi connectivity index (χ0n) is 9.77. The Bertz CT molecular complexity index is 244. The van der Waals surface area contributed by atoms with Gasteiger partial charge in [0.2, 0.25) is 0 Å². The third-order valence-electron chi connectivity index (χ3n) is 3.53. The predicted molar refractivity (Wildman–Crippen MR) is 57.8 cm³/mol. The molecule has 2 fully saturated rings. The minimum Gasteiger partial charge on any atom is -0.381 e. The second-order valence-electron chi connectivity index (χ2n) is 4.82. The maximum absolute atomic E-state index is 13.4. The summed E-state index contributed by atoms with van der Waals surface area (Å²) in [5, 5.41) is 3.22. The molecule has 0 amide bonds. The van der Waals surface area contributed by atoms with Crippen LogP contribution in [0.4, 0.5) is 8.78 Å². The number of piperazine rings is 1. The van der Waals surface area contributed by atoms with Crippen molar-refractivity contribution >= 4 is 0 Å². The van der Waals surface area contributed by atoms with Crippen LogP contribution < -0.4 is 5.32 Å². The summed E-state index contributed by atoms with van der Waals surface area (Å²) >= 11 is 0. The average molecular weight is 234 g/mol. The number of nitrogens with one attached hydrogen (secondary N) is 1. The van der Waals surface area contributed by atoms with Crippen LogP contribution in [-0.4, -0.2) is 56.8 Å². The summed E-state index contributed by atoms with van der Waals surface area (Å²) in [6.45, 7) is 6.56. The van der Waals surface area contributed by atoms with E-state index in [2.05, 4.69) is 10.2 Å². The maximum atomic E-state index is 13.4. The minimum atomic E-state index is -2.52. The van der Waals surface area contributed by atoms with E-state index in [4.69, 9.17) is 4.74 Å². The quantitative estimate of drug-likeness (QED) is 0.766. The van der Waals surface area contributed by atoms with Crippen LogP contribution >= 0.6 is 0 Å². The molecule has 16 heavy (non-hydrogen) atoms. The van der Waals surface area contributed by atoms with Gasteiger partial charge in [-0.3, -0.25) is 4.90 Å². The molecule has 1 saturated heterocycles. The average Bonchev–Trinajstić information content (AvgIpc) is 2.79. The van der Waals surface area contributed by atoms with E-state index in [1.54, 1.807) is 0 Å². The number of alkyl halides is 2. The summed E-state index contributed by atoms with van der Waals surface area (Å²) in [5.41, 5.74) is -0.902. The van der Waals surface area contributed by atoms with Gasteiger partial charge in [0.1, 0.15) is 0 Å². The molecule has 0 radical (unpaired) electrons. The van der Waals surface area contributed by atoms with Gasteiger partial charge in [-0.1, -0.05) is 0 Å². The highest BCUT2D eigenvalue weighted by Gasteiger charge is 2.71. The molecule has 0 aromatic heterocycles. The van der Waals surface area contributed by atoms with E-state index in [1.165, 1.54) is 0 Å². The molecule has 2 aliphatic rings. The molecule has 0 bridgehead atoms. The van der Waals surface area contributed by atoms with Crippen molar-refractivity contribution in [3.05, 3.63) is 0 Å². The largest absolute Gasteiger partial charge is 0.381 e. The minimum absolute atomic E-state index is 0.00999. The smallest absolute Gasteiger partial charge is 0.258 e. The van der Waals surface area contributed by atoms with Crippen LogP contribution in [-0.2, 0) is 4.74 Å². The Labute approximate surface area is 95.1 Å². The molecule has 0 aromatic rings. The van der Waals surface area contributed by atoms with E-state index in [0.717, 1.165) is 26.2 Å². The summed E-state index contributed by atoms with van der Waals surface area (Å²) in [6, 6.07) is 0. The van der Waals surface area contributed by atoms with Gasteiger partial charge in [0, 0.05) is 45.8 Å². The van der Waals surface area contributed by atoms with Crippen molar-refractivity contribution < 1.29 is 13.5 Å². The third-order valence-corrected chi connectivity index (χ3v) is 3.53. The lowest BCUT2D eigenvalue weighted by Gasteiger charge is -2.31. The van der Waals surface area contributed by atoms with Gasteiger partial charge in [-0.05, 0) is 6.92 Å². The van der Waals surface area contributed by atoms with Crippen LogP contribution in [0.15, 0.2) is 0 Å². The first-order valence-corrected chi connectivity index (χ1v) is 5.98. The van der Waals surface area contributed by atoms with Gasteiger partial charge in [-0.25, -0.2) is 8.78 Å². The molecule has 2 rings (SSSR count). The molecule has 1 aliphatic heterocycles. The molecule has 1 heterocycles. The number of hydrogen-bond donors (Lipinski definition) is 1. The van der Waals surface area contributed by atoms with Gasteiger partial charge in [-0.15, -0.1) is 0 Å². The fourth-order valence-electron chi connectivity index (χ4n) is 2.35. The highest BCUT2D eigenvalue weighted by atomic mass is 19.3. The molecule has 3 nitrogen and oxygen atoms in total. The number of nitrogens with zero attached hydrogens (tertiary/aromatic N) is 1.